The number of fused-ring (bicyclic) bond motifs is 1. The van der Waals surface area contributed by atoms with Gasteiger partial charge >= 0.3 is 0 Å². The lowest BCUT2D eigenvalue weighted by molar-refractivity contribution is 0.130. The molecule has 0 amide bonds. The lowest BCUT2D eigenvalue weighted by Gasteiger charge is -2.33. The number of ether oxygens (including phenoxy) is 2. The van der Waals surface area contributed by atoms with Crippen LogP contribution in [0.15, 0.2) is 36.7 Å². The summed E-state index contributed by atoms with van der Waals surface area (Å²) in [4.78, 5) is 11.5. The van der Waals surface area contributed by atoms with Crippen molar-refractivity contribution in [2.45, 2.75) is 19.8 Å². The van der Waals surface area contributed by atoms with Crippen LogP contribution in [0, 0.1) is 0 Å². The number of nitrogens with zero attached hydrogens (tertiary/aromatic N) is 6. The van der Waals surface area contributed by atoms with Gasteiger partial charge in [0.05, 0.1) is 19.4 Å². The van der Waals surface area contributed by atoms with Crippen LogP contribution in [0.2, 0.25) is 0 Å². The van der Waals surface area contributed by atoms with Gasteiger partial charge in [-0.3, -0.25) is 4.98 Å². The normalized spacial score (nSPS) is 17.3. The Morgan fingerprint density at radius 2 is 1.62 bits per heavy atom. The van der Waals surface area contributed by atoms with Gasteiger partial charge in [-0.15, -0.1) is 5.10 Å². The molecule has 2 aromatic heterocycles. The van der Waals surface area contributed by atoms with Crippen molar-refractivity contribution in [1.29, 1.82) is 0 Å². The van der Waals surface area contributed by atoms with Crippen molar-refractivity contribution in [3.05, 3.63) is 47.9 Å². The lowest BCUT2D eigenvalue weighted by Crippen LogP contribution is -2.46. The van der Waals surface area contributed by atoms with Gasteiger partial charge < -0.3 is 29.5 Å². The van der Waals surface area contributed by atoms with Crippen molar-refractivity contribution in [3.63, 3.8) is 0 Å². The minimum Gasteiger partial charge on any atom is -0.493 e. The smallest absolute Gasteiger partial charge is 0.161 e. The van der Waals surface area contributed by atoms with E-state index in [1.54, 1.807) is 7.11 Å². The topological polar surface area (TPSA) is 78.9 Å². The van der Waals surface area contributed by atoms with Gasteiger partial charge in [0, 0.05) is 88.5 Å². The first-order valence-corrected chi connectivity index (χ1v) is 13.5. The molecule has 37 heavy (non-hydrogen) atoms. The van der Waals surface area contributed by atoms with Crippen LogP contribution in [-0.4, -0.2) is 104 Å². The maximum absolute atomic E-state index is 6.32. The van der Waals surface area contributed by atoms with E-state index < -0.39 is 0 Å². The van der Waals surface area contributed by atoms with E-state index in [9.17, 15) is 0 Å². The average molecular weight is 506 g/mol. The number of likely N-dealkylation sites (N-methyl/N-ethyl adjacent to an activating group) is 1. The number of piperazine rings is 2. The highest BCUT2D eigenvalue weighted by Crippen LogP contribution is 2.37. The van der Waals surface area contributed by atoms with Crippen molar-refractivity contribution < 1.29 is 9.47 Å². The molecule has 2 aliphatic rings. The second-order valence-corrected chi connectivity index (χ2v) is 9.77. The minimum atomic E-state index is 0.654. The molecule has 5 rings (SSSR count). The third-order valence-corrected chi connectivity index (χ3v) is 7.45. The van der Waals surface area contributed by atoms with Crippen molar-refractivity contribution in [2.75, 3.05) is 84.1 Å². The summed E-state index contributed by atoms with van der Waals surface area (Å²) in [5.41, 5.74) is 2.08. The molecule has 1 N–H and O–H groups in total. The molecule has 0 spiro atoms. The largest absolute Gasteiger partial charge is 0.493 e. The van der Waals surface area contributed by atoms with E-state index in [1.807, 2.05) is 24.5 Å². The van der Waals surface area contributed by atoms with Crippen LogP contribution in [0.4, 0.5) is 5.82 Å². The van der Waals surface area contributed by atoms with E-state index in [2.05, 4.69) is 49.2 Å². The van der Waals surface area contributed by atoms with Gasteiger partial charge in [0.15, 0.2) is 17.3 Å². The monoisotopic (exact) mass is 505 g/mol. The molecular formula is C28H39N7O2. The van der Waals surface area contributed by atoms with Crippen LogP contribution in [0.25, 0.3) is 10.8 Å². The number of benzene rings is 1. The second-order valence-electron chi connectivity index (χ2n) is 9.77. The first-order chi connectivity index (χ1) is 18.2. The van der Waals surface area contributed by atoms with E-state index in [0.29, 0.717) is 13.0 Å². The van der Waals surface area contributed by atoms with Gasteiger partial charge in [-0.25, -0.2) is 0 Å². The SMILES string of the molecule is CCN1CCN(CCCOc2cc3c(N4CCNCC4)nnc(Cc4ccncc4)c3cc2OC)CC1. The number of hydrogen-bond acceptors (Lipinski definition) is 9. The van der Waals surface area contributed by atoms with Crippen LogP contribution in [0.5, 0.6) is 11.5 Å². The quantitative estimate of drug-likeness (QED) is 0.418. The average Bonchev–Trinajstić information content (AvgIpc) is 2.96. The zero-order chi connectivity index (χ0) is 25.5. The van der Waals surface area contributed by atoms with Crippen molar-refractivity contribution in [3.8, 4) is 11.5 Å². The Morgan fingerprint density at radius 1 is 0.892 bits per heavy atom. The molecule has 2 aliphatic heterocycles. The minimum absolute atomic E-state index is 0.654. The van der Waals surface area contributed by atoms with Crippen LogP contribution >= 0.6 is 0 Å². The van der Waals surface area contributed by atoms with Gasteiger partial charge in [0.1, 0.15) is 0 Å². The lowest BCUT2D eigenvalue weighted by atomic mass is 10.0. The number of pyridine rings is 1. The van der Waals surface area contributed by atoms with Gasteiger partial charge in [0.2, 0.25) is 0 Å². The van der Waals surface area contributed by atoms with E-state index in [-0.39, 0.29) is 0 Å². The number of rotatable bonds is 10. The molecule has 3 aromatic rings. The second kappa shape index (κ2) is 12.5. The fraction of sp³-hybridized carbons (Fsp3) is 0.536. The Bertz CT molecular complexity index is 1150. The van der Waals surface area contributed by atoms with E-state index in [1.165, 1.54) is 0 Å². The van der Waals surface area contributed by atoms with Crippen LogP contribution < -0.4 is 19.7 Å². The molecule has 0 radical (unpaired) electrons. The number of hydrogen-bond donors (Lipinski definition) is 1. The molecular weight excluding hydrogens is 466 g/mol. The molecule has 0 unspecified atom stereocenters. The predicted molar refractivity (Wildman–Crippen MR) is 147 cm³/mol. The molecule has 0 aliphatic carbocycles. The van der Waals surface area contributed by atoms with Gasteiger partial charge in [-0.05, 0) is 42.8 Å². The van der Waals surface area contributed by atoms with E-state index in [0.717, 1.165) is 111 Å². The van der Waals surface area contributed by atoms with E-state index in [4.69, 9.17) is 14.6 Å². The first-order valence-electron chi connectivity index (χ1n) is 13.5. The third-order valence-electron chi connectivity index (χ3n) is 7.45. The Balaban J connectivity index is 1.37. The van der Waals surface area contributed by atoms with Gasteiger partial charge in [-0.1, -0.05) is 6.92 Å². The maximum Gasteiger partial charge on any atom is 0.161 e. The molecule has 4 heterocycles. The number of anilines is 1. The molecule has 2 fully saturated rings. The standard InChI is InChI=1S/C28H39N7O2/c1-3-33-14-16-34(17-15-33)11-4-18-37-27-21-24-23(20-26(27)36-2)25(19-22-5-7-29-8-6-22)31-32-28(24)35-12-9-30-10-13-35/h5-8,20-21,30H,3-4,9-19H2,1-2H3. The highest BCUT2D eigenvalue weighted by molar-refractivity contribution is 5.96. The zero-order valence-electron chi connectivity index (χ0n) is 22.2. The molecule has 198 valence electrons. The summed E-state index contributed by atoms with van der Waals surface area (Å²) in [7, 11) is 1.70. The van der Waals surface area contributed by atoms with Crippen LogP contribution in [0.3, 0.4) is 0 Å². The Morgan fingerprint density at radius 3 is 2.35 bits per heavy atom. The van der Waals surface area contributed by atoms with Crippen LogP contribution in [-0.2, 0) is 6.42 Å². The van der Waals surface area contributed by atoms with Crippen molar-refractivity contribution >= 4 is 16.6 Å². The Labute approximate surface area is 219 Å². The summed E-state index contributed by atoms with van der Waals surface area (Å²) < 4.78 is 12.1. The summed E-state index contributed by atoms with van der Waals surface area (Å²) in [5.74, 6) is 2.42. The van der Waals surface area contributed by atoms with E-state index >= 15 is 0 Å². The zero-order valence-corrected chi connectivity index (χ0v) is 22.2. The Kier molecular flexibility index (Phi) is 8.65. The number of nitrogens with one attached hydrogen (secondary N) is 1. The molecule has 1 aromatic carbocycles. The Hall–Kier alpha value is -3.01. The summed E-state index contributed by atoms with van der Waals surface area (Å²) in [5, 5.41) is 14.9. The first kappa shape index (κ1) is 25.6. The highest BCUT2D eigenvalue weighted by Gasteiger charge is 2.21. The maximum atomic E-state index is 6.32. The summed E-state index contributed by atoms with van der Waals surface area (Å²) >= 11 is 0. The summed E-state index contributed by atoms with van der Waals surface area (Å²) in [6, 6.07) is 8.23. The molecule has 9 nitrogen and oxygen atoms in total. The molecule has 0 atom stereocenters. The predicted octanol–water partition coefficient (Wildman–Crippen LogP) is 2.44. The van der Waals surface area contributed by atoms with Gasteiger partial charge in [-0.2, -0.15) is 5.10 Å². The molecule has 2 saturated heterocycles. The molecule has 0 saturated carbocycles. The number of methoxy groups -OCH3 is 1. The number of aromatic nitrogens is 3. The highest BCUT2D eigenvalue weighted by atomic mass is 16.5. The summed E-state index contributed by atoms with van der Waals surface area (Å²) in [6.45, 7) is 13.4. The third kappa shape index (κ3) is 6.29. The fourth-order valence-corrected chi connectivity index (χ4v) is 5.21. The van der Waals surface area contributed by atoms with Crippen molar-refractivity contribution in [2.24, 2.45) is 0 Å². The molecule has 0 bridgehead atoms. The molecule has 9 heteroatoms. The van der Waals surface area contributed by atoms with Crippen LogP contribution in [0.1, 0.15) is 24.6 Å². The van der Waals surface area contributed by atoms with Crippen molar-refractivity contribution in [1.82, 2.24) is 30.3 Å². The van der Waals surface area contributed by atoms with Gasteiger partial charge in [0.25, 0.3) is 0 Å². The fourth-order valence-electron chi connectivity index (χ4n) is 5.21. The summed E-state index contributed by atoms with van der Waals surface area (Å²) in [6.07, 6.45) is 5.30.